The summed E-state index contributed by atoms with van der Waals surface area (Å²) in [5.74, 6) is -0.410. The average Bonchev–Trinajstić information content (AvgIpc) is 2.47. The first-order valence-electron chi connectivity index (χ1n) is 6.91. The lowest BCUT2D eigenvalue weighted by Gasteiger charge is -2.16. The summed E-state index contributed by atoms with van der Waals surface area (Å²) >= 11 is 0. The molecule has 0 spiro atoms. The van der Waals surface area contributed by atoms with Gasteiger partial charge in [-0.25, -0.2) is 0 Å². The Morgan fingerprint density at radius 2 is 1.73 bits per heavy atom. The molecule has 0 aliphatic carbocycles. The van der Waals surface area contributed by atoms with Gasteiger partial charge in [-0.3, -0.25) is 9.59 Å². The van der Waals surface area contributed by atoms with Gasteiger partial charge in [0.15, 0.2) is 5.78 Å². The van der Waals surface area contributed by atoms with Crippen molar-refractivity contribution in [1.29, 1.82) is 0 Å². The van der Waals surface area contributed by atoms with Crippen LogP contribution in [-0.4, -0.2) is 30.3 Å². The van der Waals surface area contributed by atoms with Crippen molar-refractivity contribution in [3.8, 4) is 0 Å². The molecule has 0 unspecified atom stereocenters. The molecule has 126 valence electrons. The maximum absolute atomic E-state index is 12.1. The number of rotatable bonds is 8. The van der Waals surface area contributed by atoms with Crippen LogP contribution >= 0.6 is 24.8 Å². The molecule has 0 saturated carbocycles. The maximum atomic E-state index is 12.1. The number of benzene rings is 1. The van der Waals surface area contributed by atoms with Crippen LogP contribution in [0.2, 0.25) is 0 Å². The summed E-state index contributed by atoms with van der Waals surface area (Å²) in [7, 11) is 0. The molecule has 1 amide bonds. The number of ketones is 1. The van der Waals surface area contributed by atoms with Crippen LogP contribution in [-0.2, 0) is 4.79 Å². The van der Waals surface area contributed by atoms with Gasteiger partial charge in [0.2, 0.25) is 5.91 Å². The van der Waals surface area contributed by atoms with E-state index in [0.29, 0.717) is 18.5 Å². The minimum Gasteiger partial charge on any atom is -0.345 e. The molecule has 0 heterocycles. The minimum atomic E-state index is -0.590. The number of halogens is 2. The van der Waals surface area contributed by atoms with Crippen LogP contribution in [0.4, 0.5) is 0 Å². The van der Waals surface area contributed by atoms with Gasteiger partial charge in [0.25, 0.3) is 0 Å². The van der Waals surface area contributed by atoms with Gasteiger partial charge in [-0.15, -0.1) is 24.8 Å². The Morgan fingerprint density at radius 3 is 2.27 bits per heavy atom. The number of Topliss-reactive ketones (excluding diaryl/α,β-unsaturated/α-hetero) is 1. The fraction of sp³-hybridized carbons (Fsp3) is 0.467. The topological polar surface area (TPSA) is 98.2 Å². The molecule has 0 radical (unpaired) electrons. The highest BCUT2D eigenvalue weighted by Gasteiger charge is 2.20. The lowest BCUT2D eigenvalue weighted by molar-refractivity contribution is -0.122. The van der Waals surface area contributed by atoms with Crippen LogP contribution in [0.5, 0.6) is 0 Å². The predicted octanol–water partition coefficient (Wildman–Crippen LogP) is 1.67. The molecule has 0 bridgehead atoms. The van der Waals surface area contributed by atoms with Gasteiger partial charge in [-0.1, -0.05) is 36.8 Å². The summed E-state index contributed by atoms with van der Waals surface area (Å²) in [5, 5.41) is 2.66. The van der Waals surface area contributed by atoms with Crippen LogP contribution in [0.25, 0.3) is 0 Å². The highest BCUT2D eigenvalue weighted by molar-refractivity contribution is 6.02. The quantitative estimate of drug-likeness (QED) is 0.491. The molecule has 0 aliphatic rings. The molecule has 1 rings (SSSR count). The summed E-state index contributed by atoms with van der Waals surface area (Å²) in [6.45, 7) is 2.26. The number of hydrogen-bond donors (Lipinski definition) is 3. The van der Waals surface area contributed by atoms with Gasteiger partial charge >= 0.3 is 0 Å². The van der Waals surface area contributed by atoms with Gasteiger partial charge in [0, 0.05) is 5.56 Å². The van der Waals surface area contributed by atoms with Crippen molar-refractivity contribution in [2.45, 2.75) is 38.3 Å². The Morgan fingerprint density at radius 1 is 1.14 bits per heavy atom. The number of carbonyl (C=O) groups is 2. The average molecular weight is 350 g/mol. The molecule has 0 fully saturated rings. The second-order valence-electron chi connectivity index (χ2n) is 4.85. The molecule has 7 heteroatoms. The first-order chi connectivity index (χ1) is 9.56. The molecular weight excluding hydrogens is 325 g/mol. The van der Waals surface area contributed by atoms with Gasteiger partial charge in [0.1, 0.15) is 0 Å². The van der Waals surface area contributed by atoms with E-state index in [1.807, 2.05) is 6.07 Å². The van der Waals surface area contributed by atoms with E-state index in [0.717, 1.165) is 12.8 Å². The SMILES string of the molecule is C[C@H](NC(=O)[C@@H](N)CCCCN)C(=O)c1ccccc1.Cl.Cl. The second kappa shape index (κ2) is 12.4. The second-order valence-corrected chi connectivity index (χ2v) is 4.85. The van der Waals surface area contributed by atoms with Crippen molar-refractivity contribution in [2.24, 2.45) is 11.5 Å². The zero-order valence-corrected chi connectivity index (χ0v) is 14.3. The van der Waals surface area contributed by atoms with Crippen molar-refractivity contribution < 1.29 is 9.59 Å². The predicted molar refractivity (Wildman–Crippen MR) is 93.8 cm³/mol. The molecule has 5 nitrogen and oxygen atoms in total. The highest BCUT2D eigenvalue weighted by atomic mass is 35.5. The third kappa shape index (κ3) is 7.75. The van der Waals surface area contributed by atoms with E-state index in [1.54, 1.807) is 31.2 Å². The van der Waals surface area contributed by atoms with Crippen LogP contribution < -0.4 is 16.8 Å². The summed E-state index contributed by atoms with van der Waals surface area (Å²) in [4.78, 5) is 24.0. The molecule has 22 heavy (non-hydrogen) atoms. The van der Waals surface area contributed by atoms with Crippen molar-refractivity contribution in [1.82, 2.24) is 5.32 Å². The van der Waals surface area contributed by atoms with Gasteiger partial charge in [-0.2, -0.15) is 0 Å². The van der Waals surface area contributed by atoms with Crippen molar-refractivity contribution >= 4 is 36.5 Å². The molecule has 5 N–H and O–H groups in total. The molecule has 0 aliphatic heterocycles. The highest BCUT2D eigenvalue weighted by Crippen LogP contribution is 2.04. The molecule has 1 aromatic rings. The van der Waals surface area contributed by atoms with Crippen molar-refractivity contribution in [3.05, 3.63) is 35.9 Å². The first kappa shape index (κ1) is 23.1. The van der Waals surface area contributed by atoms with Gasteiger partial charge in [0.05, 0.1) is 12.1 Å². The maximum Gasteiger partial charge on any atom is 0.237 e. The largest absolute Gasteiger partial charge is 0.345 e. The van der Waals surface area contributed by atoms with E-state index < -0.39 is 12.1 Å². The Hall–Kier alpha value is -1.14. The summed E-state index contributed by atoms with van der Waals surface area (Å²) in [6, 6.07) is 7.71. The van der Waals surface area contributed by atoms with E-state index in [9.17, 15) is 9.59 Å². The Kier molecular flexibility index (Phi) is 13.0. The van der Waals surface area contributed by atoms with Gasteiger partial charge in [-0.05, 0) is 26.3 Å². The Balaban J connectivity index is 0. The number of unbranched alkanes of at least 4 members (excludes halogenated alkanes) is 1. The minimum absolute atomic E-state index is 0. The van der Waals surface area contributed by atoms with E-state index in [-0.39, 0.29) is 36.5 Å². The number of hydrogen-bond acceptors (Lipinski definition) is 4. The number of nitrogens with one attached hydrogen (secondary N) is 1. The molecular formula is C15H25Cl2N3O2. The summed E-state index contributed by atoms with van der Waals surface area (Å²) < 4.78 is 0. The fourth-order valence-electron chi connectivity index (χ4n) is 1.88. The van der Waals surface area contributed by atoms with E-state index in [2.05, 4.69) is 5.32 Å². The molecule has 1 aromatic carbocycles. The van der Waals surface area contributed by atoms with E-state index in [4.69, 9.17) is 11.5 Å². The monoisotopic (exact) mass is 349 g/mol. The molecule has 2 atom stereocenters. The number of nitrogens with two attached hydrogens (primary N) is 2. The number of carbonyl (C=O) groups excluding carboxylic acids is 2. The van der Waals surface area contributed by atoms with Crippen molar-refractivity contribution in [3.63, 3.8) is 0 Å². The third-order valence-electron chi connectivity index (χ3n) is 3.12. The van der Waals surface area contributed by atoms with Crippen LogP contribution in [0.15, 0.2) is 30.3 Å². The Labute approximate surface area is 144 Å². The molecule has 0 aromatic heterocycles. The fourth-order valence-corrected chi connectivity index (χ4v) is 1.88. The van der Waals surface area contributed by atoms with Crippen molar-refractivity contribution in [2.75, 3.05) is 6.54 Å². The molecule has 0 saturated heterocycles. The summed E-state index contributed by atoms with van der Waals surface area (Å²) in [5.41, 5.74) is 11.8. The van der Waals surface area contributed by atoms with Crippen LogP contribution in [0, 0.1) is 0 Å². The Bertz CT molecular complexity index is 444. The van der Waals surface area contributed by atoms with E-state index in [1.165, 1.54) is 0 Å². The third-order valence-corrected chi connectivity index (χ3v) is 3.12. The van der Waals surface area contributed by atoms with Gasteiger partial charge < -0.3 is 16.8 Å². The zero-order chi connectivity index (χ0) is 15.0. The number of amides is 1. The lowest BCUT2D eigenvalue weighted by Crippen LogP contribution is -2.47. The standard InChI is InChI=1S/C15H23N3O2.2ClH/c1-11(14(19)12-7-3-2-4-8-12)18-15(20)13(17)9-5-6-10-16;;/h2-4,7-8,11,13H,5-6,9-10,16-17H2,1H3,(H,18,20);2*1H/t11-,13-;;/m0../s1. The normalized spacial score (nSPS) is 12.3. The van der Waals surface area contributed by atoms with Crippen LogP contribution in [0.1, 0.15) is 36.5 Å². The summed E-state index contributed by atoms with van der Waals surface area (Å²) in [6.07, 6.45) is 2.24. The zero-order valence-electron chi connectivity index (χ0n) is 12.7. The lowest BCUT2D eigenvalue weighted by atomic mass is 10.0. The van der Waals surface area contributed by atoms with E-state index >= 15 is 0 Å². The smallest absolute Gasteiger partial charge is 0.237 e. The van der Waals surface area contributed by atoms with Crippen LogP contribution in [0.3, 0.4) is 0 Å². The first-order valence-corrected chi connectivity index (χ1v) is 6.91.